The quantitative estimate of drug-likeness (QED) is 0.733. The van der Waals surface area contributed by atoms with Gasteiger partial charge in [-0.25, -0.2) is 0 Å². The Morgan fingerprint density at radius 3 is 2.45 bits per heavy atom. The van der Waals surface area contributed by atoms with Gasteiger partial charge in [0, 0.05) is 10.9 Å². The van der Waals surface area contributed by atoms with E-state index in [2.05, 4.69) is 72.3 Å². The van der Waals surface area contributed by atoms with Gasteiger partial charge in [0.05, 0.1) is 3.79 Å². The molecular weight excluding hydrogens is 330 g/mol. The number of hydrogen-bond acceptors (Lipinski definition) is 2. The molecule has 1 aromatic heterocycles. The Balaban J connectivity index is 2.16. The van der Waals surface area contributed by atoms with E-state index in [1.807, 2.05) is 11.3 Å². The molecule has 108 valence electrons. The van der Waals surface area contributed by atoms with Crippen molar-refractivity contribution in [1.29, 1.82) is 0 Å². The highest BCUT2D eigenvalue weighted by Gasteiger charge is 2.15. The summed E-state index contributed by atoms with van der Waals surface area (Å²) in [4.78, 5) is 1.42. The molecule has 0 aliphatic heterocycles. The van der Waals surface area contributed by atoms with Crippen LogP contribution >= 0.6 is 27.3 Å². The van der Waals surface area contributed by atoms with Gasteiger partial charge in [0.1, 0.15) is 0 Å². The van der Waals surface area contributed by atoms with Crippen molar-refractivity contribution in [3.8, 4) is 0 Å². The van der Waals surface area contributed by atoms with E-state index in [1.165, 1.54) is 25.4 Å². The average Bonchev–Trinajstić information content (AvgIpc) is 2.77. The molecule has 0 fully saturated rings. The zero-order valence-corrected chi connectivity index (χ0v) is 14.8. The highest BCUT2D eigenvalue weighted by molar-refractivity contribution is 9.11. The fraction of sp³-hybridized carbons (Fsp3) is 0.412. The summed E-state index contributed by atoms with van der Waals surface area (Å²) in [5, 5.41) is 3.68. The molecule has 1 aromatic carbocycles. The molecule has 1 heterocycles. The fourth-order valence-electron chi connectivity index (χ4n) is 2.21. The van der Waals surface area contributed by atoms with Gasteiger partial charge < -0.3 is 5.32 Å². The minimum absolute atomic E-state index is 0.410. The Morgan fingerprint density at radius 1 is 1.20 bits per heavy atom. The van der Waals surface area contributed by atoms with Crippen molar-refractivity contribution in [2.45, 2.75) is 39.7 Å². The first-order valence-corrected chi connectivity index (χ1v) is 8.76. The van der Waals surface area contributed by atoms with E-state index in [9.17, 15) is 0 Å². The second-order valence-electron chi connectivity index (χ2n) is 5.30. The van der Waals surface area contributed by atoms with Crippen molar-refractivity contribution in [2.24, 2.45) is 0 Å². The maximum absolute atomic E-state index is 3.68. The first-order valence-electron chi connectivity index (χ1n) is 7.15. The van der Waals surface area contributed by atoms with Crippen LogP contribution in [0.2, 0.25) is 0 Å². The van der Waals surface area contributed by atoms with Crippen LogP contribution in [-0.4, -0.2) is 6.54 Å². The molecule has 1 nitrogen and oxygen atoms in total. The van der Waals surface area contributed by atoms with Gasteiger partial charge in [0.2, 0.25) is 0 Å². The predicted molar refractivity (Wildman–Crippen MR) is 92.7 cm³/mol. The maximum atomic E-state index is 3.68. The molecule has 1 N–H and O–H groups in total. The maximum Gasteiger partial charge on any atom is 0.0731 e. The monoisotopic (exact) mass is 351 g/mol. The van der Waals surface area contributed by atoms with Crippen LogP contribution < -0.4 is 5.32 Å². The Bertz CT molecular complexity index is 525. The Morgan fingerprint density at radius 2 is 1.90 bits per heavy atom. The molecule has 0 spiro atoms. The Hall–Kier alpha value is -0.640. The van der Waals surface area contributed by atoms with E-state index in [0.29, 0.717) is 6.04 Å². The lowest BCUT2D eigenvalue weighted by Gasteiger charge is -2.17. The van der Waals surface area contributed by atoms with Crippen molar-refractivity contribution in [1.82, 2.24) is 5.32 Å². The molecule has 3 heteroatoms. The van der Waals surface area contributed by atoms with E-state index in [-0.39, 0.29) is 0 Å². The van der Waals surface area contributed by atoms with Crippen LogP contribution in [0.4, 0.5) is 0 Å². The van der Waals surface area contributed by atoms with Crippen molar-refractivity contribution in [3.05, 3.63) is 55.7 Å². The number of rotatable bonds is 6. The van der Waals surface area contributed by atoms with Gasteiger partial charge in [-0.05, 0) is 66.4 Å². The first kappa shape index (κ1) is 15.7. The summed E-state index contributed by atoms with van der Waals surface area (Å²) in [5.74, 6) is 0. The van der Waals surface area contributed by atoms with Crippen LogP contribution in [0.15, 0.2) is 34.1 Å². The number of benzene rings is 1. The van der Waals surface area contributed by atoms with Crippen LogP contribution in [0, 0.1) is 13.8 Å². The van der Waals surface area contributed by atoms with Crippen LogP contribution in [0.25, 0.3) is 0 Å². The van der Waals surface area contributed by atoms with Crippen LogP contribution in [0.1, 0.15) is 41.0 Å². The summed E-state index contributed by atoms with van der Waals surface area (Å²) in [5.41, 5.74) is 4.05. The molecular formula is C17H22BrNS. The number of thiophene rings is 1. The second-order valence-corrected chi connectivity index (χ2v) is 7.70. The van der Waals surface area contributed by atoms with Crippen molar-refractivity contribution in [2.75, 3.05) is 6.54 Å². The van der Waals surface area contributed by atoms with Gasteiger partial charge in [-0.3, -0.25) is 0 Å². The van der Waals surface area contributed by atoms with Crippen molar-refractivity contribution >= 4 is 27.3 Å². The third-order valence-electron chi connectivity index (χ3n) is 3.42. The largest absolute Gasteiger partial charge is 0.309 e. The Labute approximate surface area is 134 Å². The standard InChI is InChI=1S/C17H22BrNS/c1-4-9-19-15(16-10-13(3)17(18)20-16)11-14-7-5-12(2)6-8-14/h5-8,10,15,19H,4,9,11H2,1-3H3. The van der Waals surface area contributed by atoms with E-state index < -0.39 is 0 Å². The van der Waals surface area contributed by atoms with Gasteiger partial charge in [-0.2, -0.15) is 0 Å². The smallest absolute Gasteiger partial charge is 0.0731 e. The summed E-state index contributed by atoms with van der Waals surface area (Å²) in [7, 11) is 0. The zero-order valence-electron chi connectivity index (χ0n) is 12.4. The summed E-state index contributed by atoms with van der Waals surface area (Å²) in [6.45, 7) is 7.57. The van der Waals surface area contributed by atoms with Gasteiger partial charge >= 0.3 is 0 Å². The van der Waals surface area contributed by atoms with Gasteiger partial charge in [-0.15, -0.1) is 11.3 Å². The summed E-state index contributed by atoms with van der Waals surface area (Å²) in [6.07, 6.45) is 2.21. The molecule has 0 saturated carbocycles. The van der Waals surface area contributed by atoms with Gasteiger partial charge in [-0.1, -0.05) is 36.8 Å². The van der Waals surface area contributed by atoms with Crippen molar-refractivity contribution in [3.63, 3.8) is 0 Å². The summed E-state index contributed by atoms with van der Waals surface area (Å²) >= 11 is 5.49. The van der Waals surface area contributed by atoms with E-state index in [4.69, 9.17) is 0 Å². The highest BCUT2D eigenvalue weighted by atomic mass is 79.9. The average molecular weight is 352 g/mol. The summed E-state index contributed by atoms with van der Waals surface area (Å²) in [6, 6.07) is 11.6. The minimum atomic E-state index is 0.410. The minimum Gasteiger partial charge on any atom is -0.309 e. The highest BCUT2D eigenvalue weighted by Crippen LogP contribution is 2.32. The lowest BCUT2D eigenvalue weighted by Crippen LogP contribution is -2.23. The molecule has 0 amide bonds. The molecule has 0 aliphatic rings. The molecule has 2 aromatic rings. The van der Waals surface area contributed by atoms with E-state index in [0.717, 1.165) is 19.4 Å². The normalized spacial score (nSPS) is 12.6. The van der Waals surface area contributed by atoms with E-state index in [1.54, 1.807) is 0 Å². The molecule has 20 heavy (non-hydrogen) atoms. The molecule has 0 radical (unpaired) electrons. The van der Waals surface area contributed by atoms with Crippen LogP contribution in [0.5, 0.6) is 0 Å². The lowest BCUT2D eigenvalue weighted by atomic mass is 10.0. The van der Waals surface area contributed by atoms with Crippen molar-refractivity contribution < 1.29 is 0 Å². The number of halogens is 1. The fourth-order valence-corrected chi connectivity index (χ4v) is 3.85. The van der Waals surface area contributed by atoms with Gasteiger partial charge in [0.25, 0.3) is 0 Å². The zero-order chi connectivity index (χ0) is 14.5. The number of aryl methyl sites for hydroxylation is 2. The Kier molecular flexibility index (Phi) is 5.82. The lowest BCUT2D eigenvalue weighted by molar-refractivity contribution is 0.536. The summed E-state index contributed by atoms with van der Waals surface area (Å²) < 4.78 is 1.25. The molecule has 0 saturated heterocycles. The second kappa shape index (κ2) is 7.39. The molecule has 1 atom stereocenters. The number of hydrogen-bond donors (Lipinski definition) is 1. The topological polar surface area (TPSA) is 12.0 Å². The van der Waals surface area contributed by atoms with E-state index >= 15 is 0 Å². The van der Waals surface area contributed by atoms with Crippen LogP contribution in [-0.2, 0) is 6.42 Å². The molecule has 1 unspecified atom stereocenters. The van der Waals surface area contributed by atoms with Gasteiger partial charge in [0.15, 0.2) is 0 Å². The molecule has 2 rings (SSSR count). The third kappa shape index (κ3) is 4.18. The van der Waals surface area contributed by atoms with Crippen LogP contribution in [0.3, 0.4) is 0 Å². The third-order valence-corrected chi connectivity index (χ3v) is 5.67. The predicted octanol–water partition coefficient (Wildman–Crippen LogP) is 5.41. The molecule has 0 aliphatic carbocycles. The number of nitrogens with one attached hydrogen (secondary N) is 1. The first-order chi connectivity index (χ1) is 9.60. The molecule has 0 bridgehead atoms. The SMILES string of the molecule is CCCNC(Cc1ccc(C)cc1)c1cc(C)c(Br)s1.